The van der Waals surface area contributed by atoms with Crippen LogP contribution < -0.4 is 0 Å². The van der Waals surface area contributed by atoms with Crippen LogP contribution in [0.3, 0.4) is 0 Å². The molecule has 4 heterocycles. The molecule has 0 aliphatic rings. The van der Waals surface area contributed by atoms with E-state index in [1.807, 2.05) is 18.2 Å². The van der Waals surface area contributed by atoms with E-state index in [9.17, 15) is 0 Å². The first kappa shape index (κ1) is 10.6. The van der Waals surface area contributed by atoms with E-state index in [-0.39, 0.29) is 0 Å². The van der Waals surface area contributed by atoms with Crippen LogP contribution in [0.1, 0.15) is 0 Å². The predicted octanol–water partition coefficient (Wildman–Crippen LogP) is 5.82. The zero-order valence-corrected chi connectivity index (χ0v) is 11.3. The molecule has 0 saturated heterocycles. The van der Waals surface area contributed by atoms with Crippen LogP contribution >= 0.6 is 0 Å². The maximum absolute atomic E-state index is 5.78. The molecule has 0 amide bonds. The lowest BCUT2D eigenvalue weighted by atomic mass is 9.97. The summed E-state index contributed by atoms with van der Waals surface area (Å²) in [6.07, 6.45) is 8.61. The fourth-order valence-corrected chi connectivity index (χ4v) is 3.56. The standard InChI is InChI=1S/C18H8O4/c1-4-21-17-9(1)12-7-19-8-13(12)14-10-2-5-20-16(10)11-3-6-22-18(11)15(14)17/h1-8H. The van der Waals surface area contributed by atoms with Gasteiger partial charge in [0.1, 0.15) is 16.7 Å². The third-order valence-electron chi connectivity index (χ3n) is 4.44. The van der Waals surface area contributed by atoms with Crippen molar-refractivity contribution in [2.45, 2.75) is 0 Å². The minimum absolute atomic E-state index is 0.778. The number of hydrogen-bond donors (Lipinski definition) is 0. The van der Waals surface area contributed by atoms with Gasteiger partial charge in [-0.3, -0.25) is 0 Å². The molecule has 6 rings (SSSR count). The van der Waals surface area contributed by atoms with Gasteiger partial charge >= 0.3 is 0 Å². The Morgan fingerprint density at radius 1 is 0.500 bits per heavy atom. The van der Waals surface area contributed by atoms with E-state index in [0.29, 0.717) is 0 Å². The zero-order valence-electron chi connectivity index (χ0n) is 11.3. The molecule has 0 bridgehead atoms. The van der Waals surface area contributed by atoms with Gasteiger partial charge in [-0.1, -0.05) is 0 Å². The first-order valence-corrected chi connectivity index (χ1v) is 6.98. The van der Waals surface area contributed by atoms with Crippen LogP contribution in [0.25, 0.3) is 54.5 Å². The summed E-state index contributed by atoms with van der Waals surface area (Å²) in [6, 6.07) is 5.86. The summed E-state index contributed by atoms with van der Waals surface area (Å²) in [4.78, 5) is 0. The zero-order chi connectivity index (χ0) is 14.3. The third kappa shape index (κ3) is 1.01. The molecule has 0 aliphatic carbocycles. The quantitative estimate of drug-likeness (QED) is 0.353. The molecule has 0 atom stereocenters. The van der Waals surface area contributed by atoms with Crippen LogP contribution in [-0.4, -0.2) is 0 Å². The van der Waals surface area contributed by atoms with Crippen molar-refractivity contribution >= 4 is 54.5 Å². The monoisotopic (exact) mass is 288 g/mol. The lowest BCUT2D eigenvalue weighted by Crippen LogP contribution is -1.80. The number of rotatable bonds is 0. The number of fused-ring (bicyclic) bond motifs is 11. The summed E-state index contributed by atoms with van der Waals surface area (Å²) in [5.41, 5.74) is 2.41. The molecule has 104 valence electrons. The Labute approximate surface area is 122 Å². The molecule has 4 nitrogen and oxygen atoms in total. The molecular weight excluding hydrogens is 280 g/mol. The highest BCUT2D eigenvalue weighted by Crippen LogP contribution is 2.44. The number of hydrogen-bond acceptors (Lipinski definition) is 4. The highest BCUT2D eigenvalue weighted by Gasteiger charge is 2.21. The Bertz CT molecular complexity index is 1120. The van der Waals surface area contributed by atoms with Crippen LogP contribution in [0.4, 0.5) is 0 Å². The normalized spacial score (nSPS) is 12.5. The molecule has 4 heteroatoms. The van der Waals surface area contributed by atoms with Gasteiger partial charge in [-0.25, -0.2) is 0 Å². The number of furan rings is 4. The topological polar surface area (TPSA) is 52.6 Å². The molecule has 0 radical (unpaired) electrons. The van der Waals surface area contributed by atoms with Crippen molar-refractivity contribution in [2.75, 3.05) is 0 Å². The Hall–Kier alpha value is -3.14. The first-order valence-electron chi connectivity index (χ1n) is 6.98. The van der Waals surface area contributed by atoms with Crippen molar-refractivity contribution < 1.29 is 17.7 Å². The lowest BCUT2D eigenvalue weighted by molar-refractivity contribution is 0.573. The van der Waals surface area contributed by atoms with Gasteiger partial charge < -0.3 is 17.7 Å². The van der Waals surface area contributed by atoms with Crippen molar-refractivity contribution in [3.63, 3.8) is 0 Å². The molecule has 4 aromatic heterocycles. The minimum atomic E-state index is 0.778. The SMILES string of the molecule is c1cc2c(o1)c1ccoc1c1c3occc3c3cocc3c21. The van der Waals surface area contributed by atoms with E-state index in [0.717, 1.165) is 54.5 Å². The van der Waals surface area contributed by atoms with Gasteiger partial charge in [0, 0.05) is 26.9 Å². The van der Waals surface area contributed by atoms with Gasteiger partial charge in [-0.15, -0.1) is 0 Å². The summed E-state index contributed by atoms with van der Waals surface area (Å²) >= 11 is 0. The molecule has 0 spiro atoms. The van der Waals surface area contributed by atoms with Gasteiger partial charge in [0.2, 0.25) is 0 Å². The van der Waals surface area contributed by atoms with Crippen molar-refractivity contribution in [1.29, 1.82) is 0 Å². The Morgan fingerprint density at radius 2 is 1.14 bits per heavy atom. The molecule has 0 fully saturated rings. The molecule has 0 aliphatic heterocycles. The Kier molecular flexibility index (Phi) is 1.61. The Balaban J connectivity index is 2.19. The summed E-state index contributed by atoms with van der Waals surface area (Å²) in [7, 11) is 0. The summed E-state index contributed by atoms with van der Waals surface area (Å²) in [5.74, 6) is 0. The fourth-order valence-electron chi connectivity index (χ4n) is 3.56. The summed E-state index contributed by atoms with van der Waals surface area (Å²) in [5, 5.41) is 7.08. The highest BCUT2D eigenvalue weighted by molar-refractivity contribution is 6.36. The molecule has 0 unspecified atom stereocenters. The van der Waals surface area contributed by atoms with Crippen molar-refractivity contribution in [3.8, 4) is 0 Å². The van der Waals surface area contributed by atoms with Crippen molar-refractivity contribution in [1.82, 2.24) is 0 Å². The minimum Gasteiger partial charge on any atom is -0.471 e. The largest absolute Gasteiger partial charge is 0.471 e. The smallest absolute Gasteiger partial charge is 0.149 e. The maximum atomic E-state index is 5.78. The number of benzene rings is 2. The highest BCUT2D eigenvalue weighted by atomic mass is 16.3. The van der Waals surface area contributed by atoms with Crippen LogP contribution in [0.5, 0.6) is 0 Å². The second-order valence-corrected chi connectivity index (χ2v) is 5.44. The molecule has 0 saturated carbocycles. The molecular formula is C18H8O4. The molecule has 6 aromatic rings. The van der Waals surface area contributed by atoms with Crippen LogP contribution in [-0.2, 0) is 0 Å². The van der Waals surface area contributed by atoms with Crippen molar-refractivity contribution in [3.05, 3.63) is 49.5 Å². The predicted molar refractivity (Wildman–Crippen MR) is 83.0 cm³/mol. The first-order chi connectivity index (χ1) is 10.9. The molecule has 22 heavy (non-hydrogen) atoms. The van der Waals surface area contributed by atoms with Crippen LogP contribution in [0.2, 0.25) is 0 Å². The third-order valence-corrected chi connectivity index (χ3v) is 4.44. The fraction of sp³-hybridized carbons (Fsp3) is 0. The van der Waals surface area contributed by atoms with Crippen LogP contribution in [0.15, 0.2) is 67.2 Å². The molecule has 0 N–H and O–H groups in total. The second-order valence-electron chi connectivity index (χ2n) is 5.44. The average Bonchev–Trinajstić information content (AvgIpc) is 3.28. The van der Waals surface area contributed by atoms with Gasteiger partial charge in [-0.05, 0) is 18.2 Å². The summed E-state index contributed by atoms with van der Waals surface area (Å²) in [6.45, 7) is 0. The van der Waals surface area contributed by atoms with Gasteiger partial charge in [0.15, 0.2) is 0 Å². The van der Waals surface area contributed by atoms with Gasteiger partial charge in [0.05, 0.1) is 42.1 Å². The van der Waals surface area contributed by atoms with Gasteiger partial charge in [0.25, 0.3) is 0 Å². The van der Waals surface area contributed by atoms with E-state index in [1.54, 1.807) is 31.3 Å². The van der Waals surface area contributed by atoms with Crippen LogP contribution in [0, 0.1) is 0 Å². The van der Waals surface area contributed by atoms with Crippen molar-refractivity contribution in [2.24, 2.45) is 0 Å². The van der Waals surface area contributed by atoms with E-state index in [1.165, 1.54) is 0 Å². The maximum Gasteiger partial charge on any atom is 0.149 e. The Morgan fingerprint density at radius 3 is 2.00 bits per heavy atom. The lowest BCUT2D eigenvalue weighted by Gasteiger charge is -2.04. The average molecular weight is 288 g/mol. The van der Waals surface area contributed by atoms with E-state index < -0.39 is 0 Å². The van der Waals surface area contributed by atoms with E-state index in [2.05, 4.69) is 0 Å². The summed E-state index contributed by atoms with van der Waals surface area (Å²) < 4.78 is 22.7. The van der Waals surface area contributed by atoms with E-state index in [4.69, 9.17) is 17.7 Å². The second kappa shape index (κ2) is 3.36. The molecule has 2 aromatic carbocycles. The van der Waals surface area contributed by atoms with Gasteiger partial charge in [-0.2, -0.15) is 0 Å². The van der Waals surface area contributed by atoms with E-state index >= 15 is 0 Å².